The zero-order chi connectivity index (χ0) is 21.1. The summed E-state index contributed by atoms with van der Waals surface area (Å²) >= 11 is 6.12. The molecule has 0 spiro atoms. The van der Waals surface area contributed by atoms with E-state index in [1.807, 2.05) is 0 Å². The Hall–Kier alpha value is -3.03. The molecule has 1 heterocycles. The smallest absolute Gasteiger partial charge is 0.282 e. The minimum absolute atomic E-state index is 0.163. The topological polar surface area (TPSA) is 79.3 Å². The molecule has 3 rings (SSSR count). The number of likely N-dealkylation sites (N-methyl/N-ethyl adjacent to an activating group) is 1. The minimum atomic E-state index is -0.535. The van der Waals surface area contributed by atoms with Gasteiger partial charge in [-0.3, -0.25) is 9.59 Å². The second-order valence-electron chi connectivity index (χ2n) is 6.33. The fraction of sp³-hybridized carbons (Fsp3) is 0.238. The maximum atomic E-state index is 13.5. The van der Waals surface area contributed by atoms with Gasteiger partial charge in [0.15, 0.2) is 0 Å². The summed E-state index contributed by atoms with van der Waals surface area (Å²) in [4.78, 5) is 29.5. The Labute approximate surface area is 173 Å². The van der Waals surface area contributed by atoms with Gasteiger partial charge < -0.3 is 19.5 Å². The number of halogens is 1. The van der Waals surface area contributed by atoms with Crippen molar-refractivity contribution >= 4 is 34.7 Å². The first kappa shape index (κ1) is 20.7. The Kier molecular flexibility index (Phi) is 6.10. The second-order valence-corrected chi connectivity index (χ2v) is 6.77. The molecule has 7 nitrogen and oxygen atoms in total. The van der Waals surface area contributed by atoms with E-state index in [-0.39, 0.29) is 30.1 Å². The van der Waals surface area contributed by atoms with Gasteiger partial charge >= 0.3 is 0 Å². The lowest BCUT2D eigenvalue weighted by Gasteiger charge is -2.21. The zero-order valence-corrected chi connectivity index (χ0v) is 17.1. The molecule has 0 saturated heterocycles. The molecule has 1 aliphatic heterocycles. The van der Waals surface area contributed by atoms with Gasteiger partial charge in [0.1, 0.15) is 17.2 Å². The van der Waals surface area contributed by atoms with Crippen molar-refractivity contribution in [3.8, 4) is 11.5 Å². The number of ether oxygens (including phenoxy) is 2. The van der Waals surface area contributed by atoms with Gasteiger partial charge in [-0.15, -0.1) is 0 Å². The third-order valence-electron chi connectivity index (χ3n) is 4.63. The number of benzene rings is 2. The van der Waals surface area contributed by atoms with E-state index in [4.69, 9.17) is 21.1 Å². The molecule has 0 unspecified atom stereocenters. The Morgan fingerprint density at radius 1 is 1.03 bits per heavy atom. The van der Waals surface area contributed by atoms with E-state index in [9.17, 15) is 14.7 Å². The molecular weight excluding hydrogens is 396 g/mol. The summed E-state index contributed by atoms with van der Waals surface area (Å²) in [5.74, 6) is -0.271. The lowest BCUT2D eigenvalue weighted by atomic mass is 10.0. The van der Waals surface area contributed by atoms with Gasteiger partial charge in [-0.25, -0.2) is 4.90 Å². The molecule has 0 aromatic heterocycles. The molecule has 8 heteroatoms. The van der Waals surface area contributed by atoms with Crippen molar-refractivity contribution in [1.29, 1.82) is 0 Å². The van der Waals surface area contributed by atoms with Gasteiger partial charge in [0.05, 0.1) is 32.1 Å². The number of carbonyl (C=O) groups excluding carboxylic acids is 2. The highest BCUT2D eigenvalue weighted by atomic mass is 35.5. The van der Waals surface area contributed by atoms with E-state index in [2.05, 4.69) is 0 Å². The molecule has 0 aliphatic carbocycles. The average Bonchev–Trinajstić information content (AvgIpc) is 2.98. The minimum Gasteiger partial charge on any atom is -0.496 e. The lowest BCUT2D eigenvalue weighted by Crippen LogP contribution is -2.35. The predicted molar refractivity (Wildman–Crippen MR) is 110 cm³/mol. The normalized spacial score (nSPS) is 13.9. The fourth-order valence-electron chi connectivity index (χ4n) is 3.28. The quantitative estimate of drug-likeness (QED) is 0.699. The Morgan fingerprint density at radius 2 is 1.72 bits per heavy atom. The molecule has 1 N–H and O–H groups in total. The number of hydrogen-bond donors (Lipinski definition) is 1. The van der Waals surface area contributed by atoms with E-state index in [1.54, 1.807) is 48.3 Å². The van der Waals surface area contributed by atoms with Crippen LogP contribution in [0.3, 0.4) is 0 Å². The second kappa shape index (κ2) is 8.55. The molecule has 0 radical (unpaired) electrons. The molecule has 29 heavy (non-hydrogen) atoms. The van der Waals surface area contributed by atoms with Crippen molar-refractivity contribution in [3.05, 3.63) is 58.7 Å². The van der Waals surface area contributed by atoms with Crippen LogP contribution in [0.1, 0.15) is 5.56 Å². The highest BCUT2D eigenvalue weighted by Gasteiger charge is 2.43. The predicted octanol–water partition coefficient (Wildman–Crippen LogP) is 2.57. The van der Waals surface area contributed by atoms with Gasteiger partial charge in [0, 0.05) is 24.2 Å². The van der Waals surface area contributed by atoms with Crippen LogP contribution in [0.15, 0.2) is 48.2 Å². The molecule has 2 aromatic carbocycles. The summed E-state index contributed by atoms with van der Waals surface area (Å²) in [6.45, 7) is -0.00527. The first-order valence-corrected chi connectivity index (χ1v) is 9.24. The molecule has 1 aliphatic rings. The first-order chi connectivity index (χ1) is 13.9. The summed E-state index contributed by atoms with van der Waals surface area (Å²) in [5.41, 5.74) is 1.08. The summed E-state index contributed by atoms with van der Waals surface area (Å²) in [5, 5.41) is 9.73. The number of nitrogens with zero attached hydrogens (tertiary/aromatic N) is 2. The number of methoxy groups -OCH3 is 2. The van der Waals surface area contributed by atoms with E-state index in [0.29, 0.717) is 22.1 Å². The Bertz CT molecular complexity index is 989. The summed E-state index contributed by atoms with van der Waals surface area (Å²) < 4.78 is 10.7. The zero-order valence-electron chi connectivity index (χ0n) is 16.3. The summed E-state index contributed by atoms with van der Waals surface area (Å²) in [6, 6.07) is 11.7. The van der Waals surface area contributed by atoms with Crippen LogP contribution in [-0.4, -0.2) is 56.2 Å². The number of imide groups is 1. The van der Waals surface area contributed by atoms with Crippen molar-refractivity contribution < 1.29 is 24.2 Å². The van der Waals surface area contributed by atoms with Crippen LogP contribution in [0.4, 0.5) is 5.69 Å². The number of para-hydroxylation sites is 1. The van der Waals surface area contributed by atoms with Crippen molar-refractivity contribution in [3.63, 3.8) is 0 Å². The summed E-state index contributed by atoms with van der Waals surface area (Å²) in [6.07, 6.45) is 0. The standard InChI is InChI=1S/C21H21ClN2O5/c1-23(10-11-25)19-18(14-6-4-5-7-16(14)28-2)20(26)24(21(19)27)15-12-13(22)8-9-17(15)29-3/h4-9,12,25H,10-11H2,1-3H3. The maximum Gasteiger partial charge on any atom is 0.282 e. The molecular formula is C21H21ClN2O5. The lowest BCUT2D eigenvalue weighted by molar-refractivity contribution is -0.120. The number of hydrogen-bond acceptors (Lipinski definition) is 6. The Morgan fingerprint density at radius 3 is 2.38 bits per heavy atom. The molecule has 2 amide bonds. The van der Waals surface area contributed by atoms with Crippen molar-refractivity contribution in [1.82, 2.24) is 4.90 Å². The third kappa shape index (κ3) is 3.66. The molecule has 152 valence electrons. The number of rotatable bonds is 7. The van der Waals surface area contributed by atoms with Crippen LogP contribution in [0.25, 0.3) is 5.57 Å². The molecule has 0 atom stereocenters. The van der Waals surface area contributed by atoms with Crippen molar-refractivity contribution in [2.45, 2.75) is 0 Å². The number of carbonyl (C=O) groups is 2. The van der Waals surface area contributed by atoms with E-state index >= 15 is 0 Å². The van der Waals surface area contributed by atoms with Crippen molar-refractivity contribution in [2.24, 2.45) is 0 Å². The first-order valence-electron chi connectivity index (χ1n) is 8.86. The highest BCUT2D eigenvalue weighted by molar-refractivity contribution is 6.46. The van der Waals surface area contributed by atoms with E-state index in [0.717, 1.165) is 4.90 Å². The Balaban J connectivity index is 2.22. The van der Waals surface area contributed by atoms with Gasteiger partial charge in [-0.2, -0.15) is 0 Å². The maximum absolute atomic E-state index is 13.5. The van der Waals surface area contributed by atoms with Gasteiger partial charge in [-0.1, -0.05) is 29.8 Å². The monoisotopic (exact) mass is 416 g/mol. The van der Waals surface area contributed by atoms with Crippen LogP contribution in [0, 0.1) is 0 Å². The largest absolute Gasteiger partial charge is 0.496 e. The number of aliphatic hydroxyl groups is 1. The van der Waals surface area contributed by atoms with Crippen LogP contribution >= 0.6 is 11.6 Å². The molecule has 2 aromatic rings. The fourth-order valence-corrected chi connectivity index (χ4v) is 3.45. The average molecular weight is 417 g/mol. The van der Waals surface area contributed by atoms with Crippen molar-refractivity contribution in [2.75, 3.05) is 39.3 Å². The highest BCUT2D eigenvalue weighted by Crippen LogP contribution is 2.41. The molecule has 0 fully saturated rings. The molecule has 0 saturated carbocycles. The van der Waals surface area contributed by atoms with Gasteiger partial charge in [0.2, 0.25) is 0 Å². The van der Waals surface area contributed by atoms with Crippen LogP contribution in [0.5, 0.6) is 11.5 Å². The van der Waals surface area contributed by atoms with Crippen LogP contribution in [0.2, 0.25) is 5.02 Å². The van der Waals surface area contributed by atoms with Crippen LogP contribution < -0.4 is 14.4 Å². The number of amides is 2. The number of anilines is 1. The van der Waals surface area contributed by atoms with E-state index in [1.165, 1.54) is 20.3 Å². The van der Waals surface area contributed by atoms with E-state index < -0.39 is 11.8 Å². The SMILES string of the molecule is COc1ccccc1C1=C(N(C)CCO)C(=O)N(c2cc(Cl)ccc2OC)C1=O. The van der Waals surface area contributed by atoms with Gasteiger partial charge in [-0.05, 0) is 24.3 Å². The third-order valence-corrected chi connectivity index (χ3v) is 4.87. The van der Waals surface area contributed by atoms with Crippen LogP contribution in [-0.2, 0) is 9.59 Å². The molecule has 0 bridgehead atoms. The summed E-state index contributed by atoms with van der Waals surface area (Å²) in [7, 11) is 4.59. The van der Waals surface area contributed by atoms with Gasteiger partial charge in [0.25, 0.3) is 11.8 Å². The number of aliphatic hydroxyl groups excluding tert-OH is 1.